The highest BCUT2D eigenvalue weighted by Crippen LogP contribution is 2.61. The van der Waals surface area contributed by atoms with Crippen molar-refractivity contribution >= 4 is 29.2 Å². The maximum atomic E-state index is 13.3. The van der Waals surface area contributed by atoms with Gasteiger partial charge in [-0.2, -0.15) is 5.26 Å². The summed E-state index contributed by atoms with van der Waals surface area (Å²) in [6.07, 6.45) is 2.95. The lowest BCUT2D eigenvalue weighted by Crippen LogP contribution is -2.43. The first-order chi connectivity index (χ1) is 16.4. The number of carbonyl (C=O) groups excluding carboxylic acids is 2. The number of aliphatic carboxylic acids is 1. The molecule has 0 aromatic heterocycles. The number of amides is 2. The maximum Gasteiger partial charge on any atom is 0.303 e. The summed E-state index contributed by atoms with van der Waals surface area (Å²) in [4.78, 5) is 37.9. The number of hydrogen-bond acceptors (Lipinski definition) is 5. The minimum absolute atomic E-state index is 0.0394. The van der Waals surface area contributed by atoms with Gasteiger partial charge in [0.2, 0.25) is 11.8 Å². The number of nitriles is 1. The van der Waals surface area contributed by atoms with Crippen LogP contribution in [0.5, 0.6) is 5.75 Å². The molecular formula is C26H25N3O5. The maximum absolute atomic E-state index is 13.3. The van der Waals surface area contributed by atoms with Crippen molar-refractivity contribution in [3.05, 3.63) is 53.1 Å². The Hall–Kier alpha value is -3.86. The molecule has 0 radical (unpaired) electrons. The van der Waals surface area contributed by atoms with Crippen LogP contribution in [0.3, 0.4) is 0 Å². The van der Waals surface area contributed by atoms with Crippen molar-refractivity contribution in [3.63, 3.8) is 0 Å². The van der Waals surface area contributed by atoms with Crippen molar-refractivity contribution in [1.29, 1.82) is 5.26 Å². The summed E-state index contributed by atoms with van der Waals surface area (Å²) in [5.41, 5.74) is 3.30. The van der Waals surface area contributed by atoms with Crippen LogP contribution in [-0.2, 0) is 26.2 Å². The Morgan fingerprint density at radius 2 is 2.12 bits per heavy atom. The van der Waals surface area contributed by atoms with E-state index in [9.17, 15) is 19.6 Å². The number of carboxylic acid groups (broad SMARTS) is 1. The van der Waals surface area contributed by atoms with E-state index < -0.39 is 5.97 Å². The summed E-state index contributed by atoms with van der Waals surface area (Å²) < 4.78 is 5.85. The predicted molar refractivity (Wildman–Crippen MR) is 124 cm³/mol. The van der Waals surface area contributed by atoms with Crippen molar-refractivity contribution in [2.24, 2.45) is 5.92 Å². The number of nitrogens with zero attached hydrogens (tertiary/aromatic N) is 2. The van der Waals surface area contributed by atoms with Gasteiger partial charge < -0.3 is 20.1 Å². The highest BCUT2D eigenvalue weighted by Gasteiger charge is 2.61. The molecule has 34 heavy (non-hydrogen) atoms. The highest BCUT2D eigenvalue weighted by atomic mass is 16.5. The SMILES string of the molecule is N#Cc1ccc(CCCC(=O)O)c(NC(=O)[C@@H]2C[C@]23CCOc2ccc(N4CCC4=O)cc23)c1. The Bertz CT molecular complexity index is 1230. The third-order valence-electron chi connectivity index (χ3n) is 7.19. The second-order valence-corrected chi connectivity index (χ2v) is 9.21. The molecule has 2 fully saturated rings. The van der Waals surface area contributed by atoms with E-state index in [-0.39, 0.29) is 29.6 Å². The van der Waals surface area contributed by atoms with E-state index in [4.69, 9.17) is 9.84 Å². The predicted octanol–water partition coefficient (Wildman–Crippen LogP) is 3.38. The quantitative estimate of drug-likeness (QED) is 0.613. The molecule has 2 atom stereocenters. The van der Waals surface area contributed by atoms with Crippen LogP contribution in [0, 0.1) is 17.2 Å². The van der Waals surface area contributed by atoms with Crippen LogP contribution >= 0.6 is 0 Å². The first kappa shape index (κ1) is 22.0. The second-order valence-electron chi connectivity index (χ2n) is 9.21. The lowest BCUT2D eigenvalue weighted by Gasteiger charge is -2.33. The van der Waals surface area contributed by atoms with Crippen molar-refractivity contribution < 1.29 is 24.2 Å². The monoisotopic (exact) mass is 459 g/mol. The number of ether oxygens (including phenoxy) is 1. The van der Waals surface area contributed by atoms with E-state index in [1.165, 1.54) is 0 Å². The fourth-order valence-electron chi connectivity index (χ4n) is 5.12. The van der Waals surface area contributed by atoms with Crippen LogP contribution in [-0.4, -0.2) is 36.0 Å². The summed E-state index contributed by atoms with van der Waals surface area (Å²) in [5, 5.41) is 21.2. The zero-order valence-corrected chi connectivity index (χ0v) is 18.7. The van der Waals surface area contributed by atoms with Crippen LogP contribution in [0.2, 0.25) is 0 Å². The molecule has 2 aromatic rings. The normalized spacial score (nSPS) is 22.3. The van der Waals surface area contributed by atoms with E-state index in [1.807, 2.05) is 18.2 Å². The van der Waals surface area contributed by atoms with Gasteiger partial charge in [-0.15, -0.1) is 0 Å². The number of hydrogen-bond donors (Lipinski definition) is 2. The number of rotatable bonds is 7. The number of aryl methyl sites for hydroxylation is 1. The summed E-state index contributed by atoms with van der Waals surface area (Å²) in [6, 6.07) is 13.0. The minimum atomic E-state index is -0.864. The molecule has 174 valence electrons. The number of carboxylic acids is 1. The van der Waals surface area contributed by atoms with Gasteiger partial charge in [-0.05, 0) is 61.6 Å². The molecule has 0 unspecified atom stereocenters. The molecule has 1 aliphatic carbocycles. The highest BCUT2D eigenvalue weighted by molar-refractivity contribution is 6.00. The van der Waals surface area contributed by atoms with Crippen LogP contribution < -0.4 is 15.0 Å². The lowest BCUT2D eigenvalue weighted by molar-refractivity contribution is -0.137. The number of benzene rings is 2. The molecule has 1 saturated carbocycles. The van der Waals surface area contributed by atoms with Gasteiger partial charge in [-0.3, -0.25) is 14.4 Å². The van der Waals surface area contributed by atoms with Gasteiger partial charge in [0.15, 0.2) is 0 Å². The summed E-state index contributed by atoms with van der Waals surface area (Å²) >= 11 is 0. The van der Waals surface area contributed by atoms with Crippen molar-refractivity contribution in [2.75, 3.05) is 23.4 Å². The van der Waals surface area contributed by atoms with Gasteiger partial charge >= 0.3 is 5.97 Å². The van der Waals surface area contributed by atoms with Crippen LogP contribution in [0.25, 0.3) is 0 Å². The molecule has 2 heterocycles. The Morgan fingerprint density at radius 1 is 1.26 bits per heavy atom. The average Bonchev–Trinajstić information content (AvgIpc) is 3.54. The molecule has 5 rings (SSSR count). The largest absolute Gasteiger partial charge is 0.493 e. The standard InChI is InChI=1S/C26H25N3O5/c27-15-16-4-5-17(2-1-3-24(31)32)21(12-16)28-25(33)20-14-26(20)9-11-34-22-7-6-18(13-19(22)26)29-10-8-23(29)30/h4-7,12-13,20H,1-3,8-11,14H2,(H,28,33)(H,31,32)/t20-,26-/m0/s1. The summed E-state index contributed by atoms with van der Waals surface area (Å²) in [6.45, 7) is 1.23. The molecule has 2 aliphatic heterocycles. The van der Waals surface area contributed by atoms with E-state index in [2.05, 4.69) is 11.4 Å². The molecule has 2 N–H and O–H groups in total. The molecule has 2 aromatic carbocycles. The minimum Gasteiger partial charge on any atom is -0.493 e. The van der Waals surface area contributed by atoms with E-state index in [0.717, 1.165) is 29.0 Å². The van der Waals surface area contributed by atoms with Crippen molar-refractivity contribution in [1.82, 2.24) is 0 Å². The summed E-state index contributed by atoms with van der Waals surface area (Å²) in [5.74, 6) is -0.359. The van der Waals surface area contributed by atoms with Crippen LogP contribution in [0.4, 0.5) is 11.4 Å². The van der Waals surface area contributed by atoms with Gasteiger partial charge in [-0.1, -0.05) is 6.07 Å². The Morgan fingerprint density at radius 3 is 2.82 bits per heavy atom. The molecule has 0 bridgehead atoms. The number of fused-ring (bicyclic) bond motifs is 2. The fourth-order valence-corrected chi connectivity index (χ4v) is 5.12. The van der Waals surface area contributed by atoms with E-state index in [0.29, 0.717) is 50.1 Å². The number of β-lactam (4-membered cyclic amide) rings is 1. The molecule has 2 amide bonds. The molecular weight excluding hydrogens is 434 g/mol. The molecule has 1 spiro atoms. The van der Waals surface area contributed by atoms with Gasteiger partial charge in [0, 0.05) is 47.7 Å². The van der Waals surface area contributed by atoms with Crippen molar-refractivity contribution in [2.45, 2.75) is 43.9 Å². The summed E-state index contributed by atoms with van der Waals surface area (Å²) in [7, 11) is 0. The smallest absolute Gasteiger partial charge is 0.303 e. The van der Waals surface area contributed by atoms with Gasteiger partial charge in [-0.25, -0.2) is 0 Å². The average molecular weight is 460 g/mol. The first-order valence-corrected chi connectivity index (χ1v) is 11.5. The zero-order valence-electron chi connectivity index (χ0n) is 18.7. The molecule has 3 aliphatic rings. The van der Waals surface area contributed by atoms with E-state index >= 15 is 0 Å². The zero-order chi connectivity index (χ0) is 23.9. The number of carbonyl (C=O) groups is 3. The fraction of sp³-hybridized carbons (Fsp3) is 0.385. The molecule has 8 nitrogen and oxygen atoms in total. The lowest BCUT2D eigenvalue weighted by atomic mass is 9.86. The second kappa shape index (κ2) is 8.49. The van der Waals surface area contributed by atoms with Gasteiger partial charge in [0.05, 0.1) is 18.2 Å². The van der Waals surface area contributed by atoms with Crippen LogP contribution in [0.15, 0.2) is 36.4 Å². The Kier molecular flexibility index (Phi) is 5.48. The molecule has 1 saturated heterocycles. The topological polar surface area (TPSA) is 120 Å². The third-order valence-corrected chi connectivity index (χ3v) is 7.19. The van der Waals surface area contributed by atoms with Crippen LogP contribution in [0.1, 0.15) is 48.8 Å². The first-order valence-electron chi connectivity index (χ1n) is 11.5. The Labute approximate surface area is 197 Å². The number of anilines is 2. The Balaban J connectivity index is 1.36. The van der Waals surface area contributed by atoms with Gasteiger partial charge in [0.25, 0.3) is 0 Å². The third kappa shape index (κ3) is 3.87. The molecule has 8 heteroatoms. The van der Waals surface area contributed by atoms with Gasteiger partial charge in [0.1, 0.15) is 5.75 Å². The van der Waals surface area contributed by atoms with E-state index in [1.54, 1.807) is 23.1 Å². The number of nitrogens with one attached hydrogen (secondary N) is 1. The van der Waals surface area contributed by atoms with Crippen molar-refractivity contribution in [3.8, 4) is 11.8 Å².